The first kappa shape index (κ1) is 23.1. The largest absolute Gasteiger partial charge is 0.573 e. The monoisotopic (exact) mass is 464 g/mol. The molecule has 5 rings (SSSR count). The number of ether oxygens (including phenoxy) is 2. The molecule has 0 atom stereocenters. The van der Waals surface area contributed by atoms with E-state index in [-0.39, 0.29) is 17.4 Å². The maximum atomic E-state index is 12.4. The summed E-state index contributed by atoms with van der Waals surface area (Å²) in [5.41, 5.74) is 13.2. The molecule has 1 fully saturated rings. The molecule has 0 bridgehead atoms. The molecular formula is C22H27F3N6O2. The minimum absolute atomic E-state index is 0.245. The standard InChI is InChI=1S/C16H14F3N5O2.C6H13N/c17-16(18,19)26-10-5-3-4-9(8-10)14-21-22-15-12-11(6-1-2-7-25-12)13(20)23-24(14)15;7-6-4-2-1-3-5-6/h3-5,8H,1-2,6-7H2,(H2,20,23);6H,1-5,7H2. The van der Waals surface area contributed by atoms with Crippen molar-refractivity contribution in [2.75, 3.05) is 12.3 Å². The number of alkyl halides is 3. The van der Waals surface area contributed by atoms with Crippen LogP contribution < -0.4 is 20.9 Å². The Labute approximate surface area is 189 Å². The Morgan fingerprint density at radius 3 is 2.55 bits per heavy atom. The molecule has 0 radical (unpaired) electrons. The highest BCUT2D eigenvalue weighted by Crippen LogP contribution is 2.34. The van der Waals surface area contributed by atoms with Gasteiger partial charge in [0.2, 0.25) is 5.65 Å². The van der Waals surface area contributed by atoms with Gasteiger partial charge in [0.25, 0.3) is 0 Å². The van der Waals surface area contributed by atoms with Crippen molar-refractivity contribution in [3.05, 3.63) is 29.8 Å². The smallest absolute Gasteiger partial charge is 0.489 e. The predicted molar refractivity (Wildman–Crippen MR) is 117 cm³/mol. The maximum absolute atomic E-state index is 12.4. The molecule has 178 valence electrons. The number of rotatable bonds is 2. The summed E-state index contributed by atoms with van der Waals surface area (Å²) < 4.78 is 48.4. The molecule has 33 heavy (non-hydrogen) atoms. The van der Waals surface area contributed by atoms with Gasteiger partial charge in [-0.3, -0.25) is 0 Å². The molecule has 3 heterocycles. The first-order valence-electron chi connectivity index (χ1n) is 11.1. The molecule has 0 amide bonds. The zero-order chi connectivity index (χ0) is 23.4. The lowest BCUT2D eigenvalue weighted by atomic mass is 9.97. The summed E-state index contributed by atoms with van der Waals surface area (Å²) in [6.07, 6.45) is 4.42. The van der Waals surface area contributed by atoms with Crippen LogP contribution in [-0.4, -0.2) is 38.8 Å². The van der Waals surface area contributed by atoms with Gasteiger partial charge >= 0.3 is 6.36 Å². The second-order valence-corrected chi connectivity index (χ2v) is 8.23. The van der Waals surface area contributed by atoms with Crippen molar-refractivity contribution in [1.82, 2.24) is 19.8 Å². The molecule has 1 aromatic carbocycles. The molecular weight excluding hydrogens is 437 g/mol. The lowest BCUT2D eigenvalue weighted by Gasteiger charge is -2.15. The van der Waals surface area contributed by atoms with Crippen LogP contribution in [0.4, 0.5) is 19.0 Å². The van der Waals surface area contributed by atoms with Gasteiger partial charge in [0.05, 0.1) is 6.61 Å². The SMILES string of the molecule is NC1CCCCC1.Nc1nn2c(-c3cccc(OC(F)(F)F)c3)nnc2c2c1CCCCO2. The Bertz CT molecular complexity index is 1100. The number of aromatic nitrogens is 4. The van der Waals surface area contributed by atoms with E-state index in [1.165, 1.54) is 54.8 Å². The second kappa shape index (κ2) is 9.82. The van der Waals surface area contributed by atoms with E-state index in [4.69, 9.17) is 16.2 Å². The van der Waals surface area contributed by atoms with Crippen molar-refractivity contribution in [2.24, 2.45) is 5.73 Å². The zero-order valence-electron chi connectivity index (χ0n) is 18.1. The van der Waals surface area contributed by atoms with Crippen LogP contribution in [0.1, 0.15) is 50.5 Å². The summed E-state index contributed by atoms with van der Waals surface area (Å²) in [5, 5.41) is 12.5. The molecule has 1 aliphatic carbocycles. The van der Waals surface area contributed by atoms with Crippen molar-refractivity contribution in [2.45, 2.75) is 63.8 Å². The van der Waals surface area contributed by atoms with Crippen LogP contribution in [0, 0.1) is 0 Å². The highest BCUT2D eigenvalue weighted by atomic mass is 19.4. The second-order valence-electron chi connectivity index (χ2n) is 8.23. The van der Waals surface area contributed by atoms with E-state index in [1.54, 1.807) is 6.07 Å². The minimum Gasteiger partial charge on any atom is -0.489 e. The first-order chi connectivity index (χ1) is 15.8. The normalized spacial score (nSPS) is 16.8. The molecule has 0 unspecified atom stereocenters. The Balaban J connectivity index is 0.000000318. The number of fused-ring (bicyclic) bond motifs is 3. The molecule has 0 saturated heterocycles. The van der Waals surface area contributed by atoms with Crippen LogP contribution in [-0.2, 0) is 6.42 Å². The van der Waals surface area contributed by atoms with Crippen molar-refractivity contribution in [1.29, 1.82) is 0 Å². The Morgan fingerprint density at radius 2 is 1.85 bits per heavy atom. The van der Waals surface area contributed by atoms with Gasteiger partial charge < -0.3 is 20.9 Å². The summed E-state index contributed by atoms with van der Waals surface area (Å²) in [4.78, 5) is 0. The van der Waals surface area contributed by atoms with E-state index in [9.17, 15) is 13.2 Å². The third-order valence-electron chi connectivity index (χ3n) is 5.68. The van der Waals surface area contributed by atoms with Crippen molar-refractivity contribution >= 4 is 11.5 Å². The summed E-state index contributed by atoms with van der Waals surface area (Å²) in [7, 11) is 0. The number of hydrogen-bond donors (Lipinski definition) is 2. The Morgan fingerprint density at radius 1 is 1.06 bits per heavy atom. The van der Waals surface area contributed by atoms with Gasteiger partial charge in [0.1, 0.15) is 5.75 Å². The van der Waals surface area contributed by atoms with E-state index >= 15 is 0 Å². The lowest BCUT2D eigenvalue weighted by molar-refractivity contribution is -0.274. The highest BCUT2D eigenvalue weighted by Gasteiger charge is 2.31. The van der Waals surface area contributed by atoms with Crippen molar-refractivity contribution in [3.63, 3.8) is 0 Å². The number of hydrogen-bond acceptors (Lipinski definition) is 7. The topological polar surface area (TPSA) is 114 Å². The van der Waals surface area contributed by atoms with Gasteiger partial charge in [0, 0.05) is 17.2 Å². The maximum Gasteiger partial charge on any atom is 0.573 e. The van der Waals surface area contributed by atoms with Gasteiger partial charge in [-0.05, 0) is 44.2 Å². The lowest BCUT2D eigenvalue weighted by Crippen LogP contribution is -2.22. The molecule has 4 N–H and O–H groups in total. The van der Waals surface area contributed by atoms with Crippen molar-refractivity contribution < 1.29 is 22.6 Å². The predicted octanol–water partition coefficient (Wildman–Crippen LogP) is 4.27. The number of halogens is 3. The zero-order valence-corrected chi connectivity index (χ0v) is 18.1. The first-order valence-corrected chi connectivity index (χ1v) is 11.1. The molecule has 11 heteroatoms. The number of nitrogens with two attached hydrogens (primary N) is 2. The number of benzene rings is 1. The van der Waals surface area contributed by atoms with Crippen LogP contribution in [0.5, 0.6) is 11.5 Å². The summed E-state index contributed by atoms with van der Waals surface area (Å²) in [6, 6.07) is 5.98. The van der Waals surface area contributed by atoms with Crippen LogP contribution in [0.25, 0.3) is 17.0 Å². The molecule has 3 aromatic rings. The van der Waals surface area contributed by atoms with Crippen molar-refractivity contribution in [3.8, 4) is 22.9 Å². The number of anilines is 1. The third kappa shape index (κ3) is 5.65. The van der Waals surface area contributed by atoms with E-state index in [2.05, 4.69) is 20.0 Å². The summed E-state index contributed by atoms with van der Waals surface area (Å²) in [6.45, 7) is 0.531. The molecule has 2 aromatic heterocycles. The van der Waals surface area contributed by atoms with Crippen LogP contribution >= 0.6 is 0 Å². The Kier molecular flexibility index (Phi) is 6.87. The number of nitrogens with zero attached hydrogens (tertiary/aromatic N) is 4. The van der Waals surface area contributed by atoms with Gasteiger partial charge in [-0.1, -0.05) is 31.4 Å². The van der Waals surface area contributed by atoms with Crippen LogP contribution in [0.2, 0.25) is 0 Å². The van der Waals surface area contributed by atoms with Crippen LogP contribution in [0.3, 0.4) is 0 Å². The molecule has 1 aliphatic heterocycles. The van der Waals surface area contributed by atoms with E-state index < -0.39 is 6.36 Å². The van der Waals surface area contributed by atoms with Gasteiger partial charge in [0.15, 0.2) is 17.4 Å². The molecule has 1 saturated carbocycles. The average Bonchev–Trinajstić information content (AvgIpc) is 3.02. The fraction of sp³-hybridized carbons (Fsp3) is 0.500. The van der Waals surface area contributed by atoms with Gasteiger partial charge in [-0.15, -0.1) is 28.5 Å². The minimum atomic E-state index is -4.78. The van der Waals surface area contributed by atoms with Crippen LogP contribution in [0.15, 0.2) is 24.3 Å². The number of nitrogen functional groups attached to an aromatic ring is 1. The summed E-state index contributed by atoms with van der Waals surface area (Å²) >= 11 is 0. The Hall–Kier alpha value is -3.08. The van der Waals surface area contributed by atoms with E-state index in [0.717, 1.165) is 24.8 Å². The molecule has 0 spiro atoms. The molecule has 8 nitrogen and oxygen atoms in total. The quantitative estimate of drug-likeness (QED) is 0.582. The third-order valence-corrected chi connectivity index (χ3v) is 5.68. The van der Waals surface area contributed by atoms with E-state index in [0.29, 0.717) is 29.6 Å². The van der Waals surface area contributed by atoms with Gasteiger partial charge in [-0.25, -0.2) is 0 Å². The fourth-order valence-corrected chi connectivity index (χ4v) is 4.05. The van der Waals surface area contributed by atoms with E-state index in [1.807, 2.05) is 0 Å². The van der Waals surface area contributed by atoms with Gasteiger partial charge in [-0.2, -0.15) is 4.52 Å². The molecule has 2 aliphatic rings. The highest BCUT2D eigenvalue weighted by molar-refractivity contribution is 5.68. The average molecular weight is 464 g/mol. The summed E-state index contributed by atoms with van der Waals surface area (Å²) in [5.74, 6) is 0.704. The fourth-order valence-electron chi connectivity index (χ4n) is 4.05.